The van der Waals surface area contributed by atoms with Crippen molar-refractivity contribution in [2.24, 2.45) is 11.8 Å². The number of rotatable bonds is 6. The van der Waals surface area contributed by atoms with E-state index in [9.17, 15) is 18.4 Å². The minimum absolute atomic E-state index is 0.000950. The van der Waals surface area contributed by atoms with E-state index in [2.05, 4.69) is 26.0 Å². The lowest BCUT2D eigenvalue weighted by Crippen LogP contribution is -2.54. The van der Waals surface area contributed by atoms with E-state index in [1.54, 1.807) is 35.0 Å². The number of urea groups is 1. The Labute approximate surface area is 242 Å². The lowest BCUT2D eigenvalue weighted by atomic mass is 9.80. The van der Waals surface area contributed by atoms with Gasteiger partial charge in [-0.25, -0.2) is 23.2 Å². The van der Waals surface area contributed by atoms with E-state index in [1.807, 2.05) is 37.3 Å². The van der Waals surface area contributed by atoms with Crippen LogP contribution in [0.1, 0.15) is 43.0 Å². The SMILES string of the molecule is COC[C@@H]1Nc2ccccc2[C@H]2[C@@H]1CCN2C(=O)[C@H]1CC(F)(F)CC[C@H]1NC(=O)Nc1ccc(-n2ccc(C)n2)nc1. The number of halogens is 2. The summed E-state index contributed by atoms with van der Waals surface area (Å²) in [5.74, 6) is -3.71. The Balaban J connectivity index is 1.18. The normalized spacial score (nSPS) is 26.1. The van der Waals surface area contributed by atoms with Crippen molar-refractivity contribution in [2.45, 2.75) is 56.7 Å². The van der Waals surface area contributed by atoms with Crippen LogP contribution in [0.2, 0.25) is 0 Å². The highest BCUT2D eigenvalue weighted by Crippen LogP contribution is 2.48. The highest BCUT2D eigenvalue weighted by Gasteiger charge is 2.51. The molecular formula is C30H35F2N7O3. The molecule has 4 heterocycles. The lowest BCUT2D eigenvalue weighted by Gasteiger charge is -2.42. The fraction of sp³-hybridized carbons (Fsp3) is 0.467. The van der Waals surface area contributed by atoms with Gasteiger partial charge in [0.1, 0.15) is 0 Å². The first-order valence-electron chi connectivity index (χ1n) is 14.3. The van der Waals surface area contributed by atoms with Crippen LogP contribution in [0.4, 0.5) is 25.0 Å². The van der Waals surface area contributed by atoms with Crippen LogP contribution in [0.3, 0.4) is 0 Å². The van der Waals surface area contributed by atoms with E-state index in [4.69, 9.17) is 4.74 Å². The standard InChI is InChI=1S/C30H35F2N7O3/c1-18-10-14-39(37-18)26-8-7-19(16-33-26)34-29(41)36-24-9-12-30(31,32)15-22(24)28(40)38-13-11-21-25(17-42-2)35-23-6-4-3-5-20(23)27(21)38/h3-8,10,14,16,21-22,24-25,27,35H,9,11-13,15,17H2,1-2H3,(H2,34,36,41)/t21-,22+,24-,25+,27+/m1/s1. The molecule has 6 rings (SSSR count). The van der Waals surface area contributed by atoms with E-state index >= 15 is 0 Å². The summed E-state index contributed by atoms with van der Waals surface area (Å²) in [5.41, 5.74) is 3.18. The Morgan fingerprint density at radius 2 is 2.00 bits per heavy atom. The van der Waals surface area contributed by atoms with E-state index < -0.39 is 36.8 Å². The third kappa shape index (κ3) is 5.55. The van der Waals surface area contributed by atoms with Gasteiger partial charge >= 0.3 is 6.03 Å². The molecule has 1 aromatic carbocycles. The average Bonchev–Trinajstić information content (AvgIpc) is 3.61. The zero-order chi connectivity index (χ0) is 29.4. The van der Waals surface area contributed by atoms with E-state index in [-0.39, 0.29) is 30.3 Å². The summed E-state index contributed by atoms with van der Waals surface area (Å²) in [6.07, 6.45) is 3.02. The second kappa shape index (κ2) is 11.3. The number of pyridine rings is 1. The third-order valence-corrected chi connectivity index (χ3v) is 8.63. The van der Waals surface area contributed by atoms with Gasteiger partial charge in [0, 0.05) is 50.3 Å². The van der Waals surface area contributed by atoms with E-state index in [1.165, 1.54) is 6.20 Å². The molecule has 222 valence electrons. The Bertz CT molecular complexity index is 1450. The topological polar surface area (TPSA) is 113 Å². The van der Waals surface area contributed by atoms with Gasteiger partial charge in [0.2, 0.25) is 11.8 Å². The van der Waals surface area contributed by atoms with E-state index in [0.717, 1.165) is 23.4 Å². The molecule has 5 atom stereocenters. The maximum absolute atomic E-state index is 14.7. The summed E-state index contributed by atoms with van der Waals surface area (Å²) >= 11 is 0. The number of alkyl halides is 2. The second-order valence-electron chi connectivity index (χ2n) is 11.4. The van der Waals surface area contributed by atoms with Crippen molar-refractivity contribution < 1.29 is 23.1 Å². The molecule has 3 aromatic rings. The number of nitrogens with one attached hydrogen (secondary N) is 3. The molecule has 2 aromatic heterocycles. The Hall–Kier alpha value is -4.06. The van der Waals surface area contributed by atoms with Gasteiger partial charge in [-0.1, -0.05) is 18.2 Å². The van der Waals surface area contributed by atoms with Crippen molar-refractivity contribution in [2.75, 3.05) is 30.9 Å². The van der Waals surface area contributed by atoms with Crippen molar-refractivity contribution in [3.05, 3.63) is 66.1 Å². The maximum Gasteiger partial charge on any atom is 0.319 e. The molecule has 1 saturated carbocycles. The monoisotopic (exact) mass is 579 g/mol. The molecule has 2 aliphatic heterocycles. The molecule has 3 aliphatic rings. The Morgan fingerprint density at radius 1 is 1.17 bits per heavy atom. The molecule has 42 heavy (non-hydrogen) atoms. The van der Waals surface area contributed by atoms with Crippen LogP contribution in [0.15, 0.2) is 54.9 Å². The number of carbonyl (C=O) groups excluding carboxylic acids is 2. The van der Waals surface area contributed by atoms with Crippen LogP contribution < -0.4 is 16.0 Å². The first-order chi connectivity index (χ1) is 20.2. The fourth-order valence-electron chi connectivity index (χ4n) is 6.67. The molecule has 0 bridgehead atoms. The zero-order valence-corrected chi connectivity index (χ0v) is 23.6. The molecule has 12 heteroatoms. The number of fused-ring (bicyclic) bond motifs is 3. The minimum Gasteiger partial charge on any atom is -0.383 e. The van der Waals surface area contributed by atoms with Gasteiger partial charge in [-0.3, -0.25) is 4.79 Å². The number of carbonyl (C=O) groups is 2. The molecule has 0 unspecified atom stereocenters. The third-order valence-electron chi connectivity index (χ3n) is 8.63. The number of methoxy groups -OCH3 is 1. The van der Waals surface area contributed by atoms with Gasteiger partial charge in [0.25, 0.3) is 0 Å². The van der Waals surface area contributed by atoms with Crippen molar-refractivity contribution >= 4 is 23.3 Å². The maximum atomic E-state index is 14.7. The number of hydrogen-bond donors (Lipinski definition) is 3. The minimum atomic E-state index is -2.98. The second-order valence-corrected chi connectivity index (χ2v) is 11.4. The summed E-state index contributed by atoms with van der Waals surface area (Å²) in [5, 5.41) is 13.4. The summed E-state index contributed by atoms with van der Waals surface area (Å²) < 4.78 is 36.5. The Morgan fingerprint density at radius 3 is 2.74 bits per heavy atom. The number of para-hydroxylation sites is 1. The predicted molar refractivity (Wildman–Crippen MR) is 153 cm³/mol. The summed E-state index contributed by atoms with van der Waals surface area (Å²) in [6.45, 7) is 2.81. The van der Waals surface area contributed by atoms with Gasteiger partial charge in [0.15, 0.2) is 5.82 Å². The van der Waals surface area contributed by atoms with Crippen molar-refractivity contribution in [1.82, 2.24) is 25.0 Å². The number of aryl methyl sites for hydroxylation is 1. The lowest BCUT2D eigenvalue weighted by molar-refractivity contribution is -0.146. The van der Waals surface area contributed by atoms with Gasteiger partial charge < -0.3 is 25.6 Å². The van der Waals surface area contributed by atoms with Gasteiger partial charge in [-0.2, -0.15) is 5.10 Å². The first-order valence-corrected chi connectivity index (χ1v) is 14.3. The van der Waals surface area contributed by atoms with Gasteiger partial charge in [-0.05, 0) is 49.6 Å². The summed E-state index contributed by atoms with van der Waals surface area (Å²) in [4.78, 5) is 33.2. The van der Waals surface area contributed by atoms with Crippen LogP contribution in [-0.4, -0.2) is 69.9 Å². The Kier molecular flexibility index (Phi) is 7.56. The van der Waals surface area contributed by atoms with Crippen LogP contribution in [-0.2, 0) is 9.53 Å². The molecular weight excluding hydrogens is 544 g/mol. The molecule has 3 N–H and O–H groups in total. The molecule has 1 aliphatic carbocycles. The first kappa shape index (κ1) is 28.1. The van der Waals surface area contributed by atoms with Crippen molar-refractivity contribution in [1.29, 1.82) is 0 Å². The van der Waals surface area contributed by atoms with Crippen molar-refractivity contribution in [3.63, 3.8) is 0 Å². The molecule has 2 fully saturated rings. The predicted octanol–water partition coefficient (Wildman–Crippen LogP) is 4.53. The summed E-state index contributed by atoms with van der Waals surface area (Å²) in [6, 6.07) is 11.5. The molecule has 3 amide bonds. The van der Waals surface area contributed by atoms with E-state index in [0.29, 0.717) is 24.7 Å². The number of benzene rings is 1. The fourth-order valence-corrected chi connectivity index (χ4v) is 6.67. The smallest absolute Gasteiger partial charge is 0.319 e. The number of likely N-dealkylation sites (tertiary alicyclic amines) is 1. The quantitative estimate of drug-likeness (QED) is 0.396. The number of amides is 3. The molecule has 0 radical (unpaired) electrons. The zero-order valence-electron chi connectivity index (χ0n) is 23.6. The molecule has 0 spiro atoms. The number of anilines is 2. The highest BCUT2D eigenvalue weighted by atomic mass is 19.3. The number of aromatic nitrogens is 3. The molecule has 1 saturated heterocycles. The molecule has 10 nitrogen and oxygen atoms in total. The van der Waals surface area contributed by atoms with Crippen molar-refractivity contribution in [3.8, 4) is 5.82 Å². The number of nitrogens with zero attached hydrogens (tertiary/aromatic N) is 4. The number of hydrogen-bond acceptors (Lipinski definition) is 6. The largest absolute Gasteiger partial charge is 0.383 e. The van der Waals surface area contributed by atoms with Crippen LogP contribution in [0.5, 0.6) is 0 Å². The van der Waals surface area contributed by atoms with Gasteiger partial charge in [-0.15, -0.1) is 0 Å². The average molecular weight is 580 g/mol. The van der Waals surface area contributed by atoms with Crippen LogP contribution >= 0.6 is 0 Å². The summed E-state index contributed by atoms with van der Waals surface area (Å²) in [7, 11) is 1.64. The van der Waals surface area contributed by atoms with Crippen LogP contribution in [0.25, 0.3) is 5.82 Å². The number of ether oxygens (including phenoxy) is 1. The van der Waals surface area contributed by atoms with Crippen LogP contribution in [0, 0.1) is 18.8 Å². The van der Waals surface area contributed by atoms with Gasteiger partial charge in [0.05, 0.1) is 42.2 Å². The highest BCUT2D eigenvalue weighted by molar-refractivity contribution is 5.90.